The first-order valence-electron chi connectivity index (χ1n) is 14.2. The van der Waals surface area contributed by atoms with E-state index in [-0.39, 0.29) is 17.3 Å². The number of hydrogen-bond acceptors (Lipinski definition) is 6. The number of amides is 2. The minimum Gasteiger partial charge on any atom is -0.497 e. The van der Waals surface area contributed by atoms with Gasteiger partial charge in [-0.2, -0.15) is 0 Å². The number of rotatable bonds is 15. The van der Waals surface area contributed by atoms with E-state index in [1.807, 2.05) is 39.8 Å². The molecule has 226 valence electrons. The maximum atomic E-state index is 14.1. The van der Waals surface area contributed by atoms with Gasteiger partial charge >= 0.3 is 0 Å². The maximum Gasteiger partial charge on any atom is 0.264 e. The molecule has 3 rings (SSSR count). The first kappa shape index (κ1) is 32.5. The number of anilines is 1. The molecule has 0 spiro atoms. The van der Waals surface area contributed by atoms with Gasteiger partial charge in [0, 0.05) is 13.1 Å². The van der Waals surface area contributed by atoms with Gasteiger partial charge in [0.2, 0.25) is 11.8 Å². The third-order valence-corrected chi connectivity index (χ3v) is 8.53. The molecule has 2 amide bonds. The van der Waals surface area contributed by atoms with Crippen molar-refractivity contribution in [3.63, 3.8) is 0 Å². The number of carbonyl (C=O) groups excluding carboxylic acids is 2. The molecule has 0 aliphatic carbocycles. The molecule has 1 N–H and O–H groups in total. The Balaban J connectivity index is 2.04. The van der Waals surface area contributed by atoms with E-state index < -0.39 is 28.5 Å². The van der Waals surface area contributed by atoms with Gasteiger partial charge in [0.15, 0.2) is 0 Å². The minimum absolute atomic E-state index is 0.0198. The lowest BCUT2D eigenvalue weighted by Crippen LogP contribution is -2.52. The lowest BCUT2D eigenvalue weighted by molar-refractivity contribution is -0.140. The van der Waals surface area contributed by atoms with Crippen molar-refractivity contribution in [2.24, 2.45) is 0 Å². The Hall–Kier alpha value is -4.05. The Bertz CT molecular complexity index is 1430. The molecule has 0 saturated carbocycles. The highest BCUT2D eigenvalue weighted by Crippen LogP contribution is 2.27. The van der Waals surface area contributed by atoms with Crippen molar-refractivity contribution in [3.05, 3.63) is 83.9 Å². The molecule has 0 aliphatic rings. The van der Waals surface area contributed by atoms with E-state index >= 15 is 0 Å². The van der Waals surface area contributed by atoms with Crippen molar-refractivity contribution in [3.8, 4) is 11.5 Å². The fourth-order valence-electron chi connectivity index (χ4n) is 4.49. The SMILES string of the molecule is CCCNC(=O)C(CC)N(Cc1cccc(OC)c1)C(=O)CN(c1ccc(C)cc1)S(=O)(=O)c1ccc(OCC)cc1. The topological polar surface area (TPSA) is 105 Å². The Morgan fingerprint density at radius 3 is 2.21 bits per heavy atom. The minimum atomic E-state index is -4.17. The van der Waals surface area contributed by atoms with Crippen LogP contribution in [0, 0.1) is 6.92 Å². The Labute approximate surface area is 249 Å². The van der Waals surface area contributed by atoms with Gasteiger partial charge in [0.25, 0.3) is 10.0 Å². The number of aryl methyl sites for hydroxylation is 1. The second-order valence-corrected chi connectivity index (χ2v) is 11.7. The molecular formula is C32H41N3O6S. The standard InChI is InChI=1S/C32H41N3O6S/c1-6-20-33-32(37)30(7-2)34(22-25-10-9-11-28(21-25)40-5)31(36)23-35(26-14-12-24(4)13-15-26)42(38,39)29-18-16-27(17-19-29)41-8-3/h9-19,21,30H,6-8,20,22-23H2,1-5H3,(H,33,37). The number of carbonyl (C=O) groups is 2. The molecule has 3 aromatic carbocycles. The lowest BCUT2D eigenvalue weighted by atomic mass is 10.1. The number of methoxy groups -OCH3 is 1. The van der Waals surface area contributed by atoms with Crippen LogP contribution in [0.3, 0.4) is 0 Å². The quantitative estimate of drug-likeness (QED) is 0.267. The van der Waals surface area contributed by atoms with Crippen molar-refractivity contribution in [1.29, 1.82) is 0 Å². The molecular weight excluding hydrogens is 554 g/mol. The van der Waals surface area contributed by atoms with E-state index in [1.54, 1.807) is 55.6 Å². The summed E-state index contributed by atoms with van der Waals surface area (Å²) in [6, 6.07) is 19.5. The Morgan fingerprint density at radius 1 is 0.929 bits per heavy atom. The first-order chi connectivity index (χ1) is 20.1. The number of ether oxygens (including phenoxy) is 2. The van der Waals surface area contributed by atoms with Crippen molar-refractivity contribution in [2.75, 3.05) is 31.1 Å². The van der Waals surface area contributed by atoms with E-state index in [2.05, 4.69) is 5.32 Å². The molecule has 10 heteroatoms. The average Bonchev–Trinajstić information content (AvgIpc) is 2.99. The van der Waals surface area contributed by atoms with Crippen LogP contribution in [0.5, 0.6) is 11.5 Å². The molecule has 1 unspecified atom stereocenters. The summed E-state index contributed by atoms with van der Waals surface area (Å²) in [5, 5.41) is 2.89. The van der Waals surface area contributed by atoms with Crippen LogP contribution in [0.2, 0.25) is 0 Å². The third kappa shape index (κ3) is 8.25. The van der Waals surface area contributed by atoms with Crippen molar-refractivity contribution in [1.82, 2.24) is 10.2 Å². The van der Waals surface area contributed by atoms with Crippen LogP contribution < -0.4 is 19.1 Å². The zero-order chi connectivity index (χ0) is 30.7. The highest BCUT2D eigenvalue weighted by molar-refractivity contribution is 7.92. The van der Waals surface area contributed by atoms with E-state index in [0.717, 1.165) is 21.9 Å². The fraction of sp³-hybridized carbons (Fsp3) is 0.375. The zero-order valence-electron chi connectivity index (χ0n) is 25.0. The fourth-order valence-corrected chi connectivity index (χ4v) is 5.91. The summed E-state index contributed by atoms with van der Waals surface area (Å²) in [6.07, 6.45) is 1.09. The maximum absolute atomic E-state index is 14.1. The molecule has 0 aliphatic heterocycles. The number of nitrogens with one attached hydrogen (secondary N) is 1. The van der Waals surface area contributed by atoms with Crippen LogP contribution in [-0.4, -0.2) is 58.0 Å². The molecule has 9 nitrogen and oxygen atoms in total. The van der Waals surface area contributed by atoms with Crippen molar-refractivity contribution >= 4 is 27.5 Å². The van der Waals surface area contributed by atoms with E-state index in [0.29, 0.717) is 36.8 Å². The summed E-state index contributed by atoms with van der Waals surface area (Å²) in [5.74, 6) is 0.365. The van der Waals surface area contributed by atoms with Gasteiger partial charge in [0.05, 0.1) is 24.3 Å². The van der Waals surface area contributed by atoms with Gasteiger partial charge in [-0.25, -0.2) is 8.42 Å². The van der Waals surface area contributed by atoms with Crippen LogP contribution in [0.25, 0.3) is 0 Å². The molecule has 0 heterocycles. The molecule has 0 bridgehead atoms. The number of hydrogen-bond donors (Lipinski definition) is 1. The number of nitrogens with zero attached hydrogens (tertiary/aromatic N) is 2. The van der Waals surface area contributed by atoms with Gasteiger partial charge in [-0.3, -0.25) is 13.9 Å². The lowest BCUT2D eigenvalue weighted by Gasteiger charge is -2.33. The molecule has 42 heavy (non-hydrogen) atoms. The van der Waals surface area contributed by atoms with Crippen LogP contribution in [0.15, 0.2) is 77.7 Å². The Kier molecular flexibility index (Phi) is 11.8. The summed E-state index contributed by atoms with van der Waals surface area (Å²) < 4.78 is 40.0. The highest BCUT2D eigenvalue weighted by atomic mass is 32.2. The molecule has 0 aromatic heterocycles. The van der Waals surface area contributed by atoms with Crippen LogP contribution >= 0.6 is 0 Å². The van der Waals surface area contributed by atoms with Gasteiger partial charge in [-0.05, 0) is 80.8 Å². The molecule has 3 aromatic rings. The predicted octanol–water partition coefficient (Wildman–Crippen LogP) is 4.93. The van der Waals surface area contributed by atoms with Gasteiger partial charge < -0.3 is 19.7 Å². The monoisotopic (exact) mass is 595 g/mol. The van der Waals surface area contributed by atoms with E-state index in [4.69, 9.17) is 9.47 Å². The van der Waals surface area contributed by atoms with E-state index in [9.17, 15) is 18.0 Å². The normalized spacial score (nSPS) is 11.8. The predicted molar refractivity (Wildman–Crippen MR) is 164 cm³/mol. The van der Waals surface area contributed by atoms with Crippen LogP contribution in [0.4, 0.5) is 5.69 Å². The Morgan fingerprint density at radius 2 is 1.62 bits per heavy atom. The van der Waals surface area contributed by atoms with Gasteiger partial charge in [0.1, 0.15) is 24.1 Å². The molecule has 0 fully saturated rings. The second kappa shape index (κ2) is 15.3. The van der Waals surface area contributed by atoms with Crippen molar-refractivity contribution in [2.45, 2.75) is 58.0 Å². The average molecular weight is 596 g/mol. The number of sulfonamides is 1. The number of benzene rings is 3. The first-order valence-corrected chi connectivity index (χ1v) is 15.6. The summed E-state index contributed by atoms with van der Waals surface area (Å²) >= 11 is 0. The van der Waals surface area contributed by atoms with Gasteiger partial charge in [-0.1, -0.05) is 43.7 Å². The zero-order valence-corrected chi connectivity index (χ0v) is 25.8. The largest absolute Gasteiger partial charge is 0.497 e. The summed E-state index contributed by atoms with van der Waals surface area (Å²) in [7, 11) is -2.61. The van der Waals surface area contributed by atoms with Crippen LogP contribution in [0.1, 0.15) is 44.7 Å². The second-order valence-electron chi connectivity index (χ2n) is 9.84. The summed E-state index contributed by atoms with van der Waals surface area (Å²) in [4.78, 5) is 28.8. The highest BCUT2D eigenvalue weighted by Gasteiger charge is 2.33. The smallest absolute Gasteiger partial charge is 0.264 e. The van der Waals surface area contributed by atoms with E-state index in [1.165, 1.54) is 17.0 Å². The summed E-state index contributed by atoms with van der Waals surface area (Å²) in [5.41, 5.74) is 2.04. The van der Waals surface area contributed by atoms with Gasteiger partial charge in [-0.15, -0.1) is 0 Å². The molecule has 1 atom stereocenters. The molecule has 0 saturated heterocycles. The summed E-state index contributed by atoms with van der Waals surface area (Å²) in [6.45, 7) is 8.04. The van der Waals surface area contributed by atoms with Crippen LogP contribution in [-0.2, 0) is 26.2 Å². The molecule has 0 radical (unpaired) electrons. The van der Waals surface area contributed by atoms with Crippen molar-refractivity contribution < 1.29 is 27.5 Å². The third-order valence-electron chi connectivity index (χ3n) is 6.75.